The molecule has 1 aromatic rings. The minimum atomic E-state index is -0.105. The fraction of sp³-hybridized carbons (Fsp3) is 0.385. The number of benzene rings is 1. The molecule has 1 aromatic carbocycles. The molecule has 0 aliphatic rings. The first kappa shape index (κ1) is 14.5. The van der Waals surface area contributed by atoms with Crippen molar-refractivity contribution in [3.8, 4) is 6.07 Å². The van der Waals surface area contributed by atoms with Crippen molar-refractivity contribution in [3.05, 3.63) is 34.9 Å². The number of nitriles is 1. The number of carbonyl (C=O) groups excluding carboxylic acids is 1. The number of hydrogen-bond donors (Lipinski definition) is 2. The molecule has 0 unspecified atom stereocenters. The van der Waals surface area contributed by atoms with Gasteiger partial charge in [0, 0.05) is 17.6 Å². The maximum absolute atomic E-state index is 11.4. The van der Waals surface area contributed by atoms with Crippen LogP contribution in [0.15, 0.2) is 24.3 Å². The van der Waals surface area contributed by atoms with Crippen LogP contribution < -0.4 is 10.6 Å². The highest BCUT2D eigenvalue weighted by Gasteiger charge is 2.07. The van der Waals surface area contributed by atoms with Gasteiger partial charge in [0.05, 0.1) is 19.0 Å². The smallest absolute Gasteiger partial charge is 0.234 e. The van der Waals surface area contributed by atoms with Crippen LogP contribution in [0.5, 0.6) is 0 Å². The minimum Gasteiger partial charge on any atom is -0.354 e. The quantitative estimate of drug-likeness (QED) is 0.774. The summed E-state index contributed by atoms with van der Waals surface area (Å²) < 4.78 is 0. The zero-order chi connectivity index (χ0) is 13.4. The Morgan fingerprint density at radius 1 is 1.44 bits per heavy atom. The Bertz CT molecular complexity index is 425. The molecule has 0 aliphatic heterocycles. The van der Waals surface area contributed by atoms with Gasteiger partial charge in [-0.3, -0.25) is 4.79 Å². The molecule has 0 spiro atoms. The second kappa shape index (κ2) is 7.70. The fourth-order valence-corrected chi connectivity index (χ4v) is 1.56. The molecule has 0 heterocycles. The van der Waals surface area contributed by atoms with E-state index >= 15 is 0 Å². The zero-order valence-electron chi connectivity index (χ0n) is 10.2. The van der Waals surface area contributed by atoms with Gasteiger partial charge in [-0.2, -0.15) is 5.26 Å². The lowest BCUT2D eigenvalue weighted by Gasteiger charge is -2.14. The van der Waals surface area contributed by atoms with Gasteiger partial charge in [-0.05, 0) is 24.6 Å². The molecule has 0 saturated carbocycles. The van der Waals surface area contributed by atoms with E-state index in [1.165, 1.54) is 0 Å². The van der Waals surface area contributed by atoms with E-state index in [1.807, 2.05) is 37.3 Å². The summed E-state index contributed by atoms with van der Waals surface area (Å²) >= 11 is 5.80. The largest absolute Gasteiger partial charge is 0.354 e. The molecule has 0 aliphatic carbocycles. The fourth-order valence-electron chi connectivity index (χ4n) is 1.44. The van der Waals surface area contributed by atoms with Crippen LogP contribution in [-0.2, 0) is 4.79 Å². The summed E-state index contributed by atoms with van der Waals surface area (Å²) in [7, 11) is 0. The van der Waals surface area contributed by atoms with E-state index < -0.39 is 0 Å². The molecular weight excluding hydrogens is 250 g/mol. The summed E-state index contributed by atoms with van der Waals surface area (Å²) in [6.45, 7) is 2.60. The lowest BCUT2D eigenvalue weighted by atomic mass is 10.1. The van der Waals surface area contributed by atoms with Crippen molar-refractivity contribution < 1.29 is 4.79 Å². The van der Waals surface area contributed by atoms with Crippen LogP contribution in [0.2, 0.25) is 5.02 Å². The molecule has 5 heteroatoms. The highest BCUT2D eigenvalue weighted by molar-refractivity contribution is 6.30. The highest BCUT2D eigenvalue weighted by atomic mass is 35.5. The zero-order valence-corrected chi connectivity index (χ0v) is 11.0. The first-order valence-corrected chi connectivity index (χ1v) is 6.13. The second-order valence-corrected chi connectivity index (χ2v) is 4.35. The third-order valence-electron chi connectivity index (χ3n) is 2.50. The summed E-state index contributed by atoms with van der Waals surface area (Å²) in [6, 6.07) is 9.54. The van der Waals surface area contributed by atoms with Crippen LogP contribution in [0.3, 0.4) is 0 Å². The molecular formula is C13H16ClN3O. The number of nitrogens with one attached hydrogen (secondary N) is 2. The lowest BCUT2D eigenvalue weighted by molar-refractivity contribution is -0.120. The minimum absolute atomic E-state index is 0.0731. The number of rotatable bonds is 6. The van der Waals surface area contributed by atoms with E-state index in [1.54, 1.807) is 0 Å². The van der Waals surface area contributed by atoms with Gasteiger partial charge in [-0.1, -0.05) is 23.7 Å². The van der Waals surface area contributed by atoms with Crippen molar-refractivity contribution >= 4 is 17.5 Å². The Morgan fingerprint density at radius 2 is 2.11 bits per heavy atom. The van der Waals surface area contributed by atoms with E-state index in [-0.39, 0.29) is 18.5 Å². The van der Waals surface area contributed by atoms with Gasteiger partial charge in [0.1, 0.15) is 0 Å². The van der Waals surface area contributed by atoms with Gasteiger partial charge < -0.3 is 10.6 Å². The number of nitrogens with zero attached hydrogens (tertiary/aromatic N) is 1. The Balaban J connectivity index is 2.32. The van der Waals surface area contributed by atoms with Crippen LogP contribution >= 0.6 is 11.6 Å². The van der Waals surface area contributed by atoms with Gasteiger partial charge in [0.15, 0.2) is 0 Å². The Labute approximate surface area is 112 Å². The van der Waals surface area contributed by atoms with E-state index in [0.717, 1.165) is 5.56 Å². The first-order valence-electron chi connectivity index (χ1n) is 5.76. The normalized spacial score (nSPS) is 11.6. The van der Waals surface area contributed by atoms with E-state index in [0.29, 0.717) is 18.0 Å². The van der Waals surface area contributed by atoms with Crippen molar-refractivity contribution in [2.75, 3.05) is 13.1 Å². The topological polar surface area (TPSA) is 64.9 Å². The van der Waals surface area contributed by atoms with E-state index in [2.05, 4.69) is 10.6 Å². The third-order valence-corrected chi connectivity index (χ3v) is 2.75. The Hall–Kier alpha value is -1.57. The molecule has 1 atom stereocenters. The van der Waals surface area contributed by atoms with Crippen molar-refractivity contribution in [2.24, 2.45) is 0 Å². The lowest BCUT2D eigenvalue weighted by Crippen LogP contribution is -2.35. The van der Waals surface area contributed by atoms with E-state index in [4.69, 9.17) is 16.9 Å². The summed E-state index contributed by atoms with van der Waals surface area (Å²) in [6.07, 6.45) is 0.332. The molecule has 1 amide bonds. The van der Waals surface area contributed by atoms with Crippen molar-refractivity contribution in [1.82, 2.24) is 10.6 Å². The number of hydrogen-bond acceptors (Lipinski definition) is 3. The number of carbonyl (C=O) groups is 1. The predicted octanol–water partition coefficient (Wildman–Crippen LogP) is 2.02. The number of halogens is 1. The summed E-state index contributed by atoms with van der Waals surface area (Å²) in [5.41, 5.74) is 1.07. The van der Waals surface area contributed by atoms with Crippen LogP contribution in [0.1, 0.15) is 24.9 Å². The summed E-state index contributed by atoms with van der Waals surface area (Å²) in [4.78, 5) is 11.4. The molecule has 2 N–H and O–H groups in total. The van der Waals surface area contributed by atoms with Gasteiger partial charge in [0.2, 0.25) is 5.91 Å². The van der Waals surface area contributed by atoms with E-state index in [9.17, 15) is 4.79 Å². The van der Waals surface area contributed by atoms with Crippen molar-refractivity contribution in [2.45, 2.75) is 19.4 Å². The molecule has 0 aromatic heterocycles. The maximum atomic E-state index is 11.4. The second-order valence-electron chi connectivity index (χ2n) is 3.91. The predicted molar refractivity (Wildman–Crippen MR) is 71.1 cm³/mol. The summed E-state index contributed by atoms with van der Waals surface area (Å²) in [5.74, 6) is -0.105. The average Bonchev–Trinajstić information content (AvgIpc) is 2.37. The summed E-state index contributed by atoms with van der Waals surface area (Å²) in [5, 5.41) is 14.8. The Kier molecular flexibility index (Phi) is 6.20. The standard InChI is InChI=1S/C13H16ClN3O/c1-10(11-3-5-12(14)6-4-11)17-9-13(18)16-8-2-7-15/h3-6,10,17H,2,8-9H2,1H3,(H,16,18)/t10-/m0/s1. The Morgan fingerprint density at radius 3 is 2.72 bits per heavy atom. The molecule has 0 saturated heterocycles. The monoisotopic (exact) mass is 265 g/mol. The molecule has 0 bridgehead atoms. The third kappa shape index (κ3) is 5.17. The first-order chi connectivity index (χ1) is 8.63. The van der Waals surface area contributed by atoms with Crippen molar-refractivity contribution in [1.29, 1.82) is 5.26 Å². The van der Waals surface area contributed by atoms with Crippen LogP contribution in [0.4, 0.5) is 0 Å². The molecule has 0 radical (unpaired) electrons. The van der Waals surface area contributed by atoms with Gasteiger partial charge in [-0.25, -0.2) is 0 Å². The van der Waals surface area contributed by atoms with Crippen molar-refractivity contribution in [3.63, 3.8) is 0 Å². The van der Waals surface area contributed by atoms with Gasteiger partial charge >= 0.3 is 0 Å². The highest BCUT2D eigenvalue weighted by Crippen LogP contribution is 2.15. The van der Waals surface area contributed by atoms with Gasteiger partial charge in [-0.15, -0.1) is 0 Å². The van der Waals surface area contributed by atoms with Crippen LogP contribution in [-0.4, -0.2) is 19.0 Å². The SMILES string of the molecule is C[C@H](NCC(=O)NCCC#N)c1ccc(Cl)cc1. The average molecular weight is 266 g/mol. The van der Waals surface area contributed by atoms with Crippen LogP contribution in [0.25, 0.3) is 0 Å². The molecule has 0 fully saturated rings. The molecule has 1 rings (SSSR count). The maximum Gasteiger partial charge on any atom is 0.234 e. The van der Waals surface area contributed by atoms with Crippen LogP contribution in [0, 0.1) is 11.3 Å². The number of amides is 1. The van der Waals surface area contributed by atoms with Gasteiger partial charge in [0.25, 0.3) is 0 Å². The molecule has 4 nitrogen and oxygen atoms in total. The molecule has 96 valence electrons. The molecule has 18 heavy (non-hydrogen) atoms.